The minimum atomic E-state index is -0.373. The van der Waals surface area contributed by atoms with Gasteiger partial charge in [-0.1, -0.05) is 41.9 Å². The number of hydrogen-bond acceptors (Lipinski definition) is 5. The lowest BCUT2D eigenvalue weighted by Crippen LogP contribution is -2.24. The summed E-state index contributed by atoms with van der Waals surface area (Å²) < 4.78 is 16.7. The smallest absolute Gasteiger partial charge is 0.277 e. The van der Waals surface area contributed by atoms with Crippen LogP contribution in [0.3, 0.4) is 0 Å². The van der Waals surface area contributed by atoms with E-state index < -0.39 is 0 Å². The third kappa shape index (κ3) is 7.03. The maximum atomic E-state index is 12.0. The molecular formula is C25H25ClN2O4. The Morgan fingerprint density at radius 1 is 1.03 bits per heavy atom. The van der Waals surface area contributed by atoms with E-state index in [1.54, 1.807) is 31.4 Å². The zero-order valence-corrected chi connectivity index (χ0v) is 18.8. The third-order valence-corrected chi connectivity index (χ3v) is 5.01. The molecule has 0 aliphatic carbocycles. The van der Waals surface area contributed by atoms with Crippen molar-refractivity contribution in [3.05, 3.63) is 88.4 Å². The zero-order chi connectivity index (χ0) is 22.8. The number of benzene rings is 3. The Morgan fingerprint density at radius 3 is 2.59 bits per heavy atom. The van der Waals surface area contributed by atoms with Gasteiger partial charge in [-0.3, -0.25) is 4.79 Å². The molecule has 0 saturated carbocycles. The third-order valence-electron chi connectivity index (χ3n) is 4.58. The van der Waals surface area contributed by atoms with Gasteiger partial charge in [-0.15, -0.1) is 0 Å². The highest BCUT2D eigenvalue weighted by molar-refractivity contribution is 6.31. The number of aryl methyl sites for hydroxylation is 1. The Bertz CT molecular complexity index is 1070. The van der Waals surface area contributed by atoms with Crippen LogP contribution in [-0.2, 0) is 11.2 Å². The van der Waals surface area contributed by atoms with E-state index in [9.17, 15) is 4.79 Å². The summed E-state index contributed by atoms with van der Waals surface area (Å²) in [4.78, 5) is 12.0. The highest BCUT2D eigenvalue weighted by atomic mass is 35.5. The summed E-state index contributed by atoms with van der Waals surface area (Å²) in [6.45, 7) is 2.25. The molecule has 0 atom stereocenters. The average molecular weight is 453 g/mol. The van der Waals surface area contributed by atoms with E-state index in [0.717, 1.165) is 17.5 Å². The van der Waals surface area contributed by atoms with Gasteiger partial charge in [0.05, 0.1) is 19.9 Å². The lowest BCUT2D eigenvalue weighted by atomic mass is 10.2. The molecule has 0 radical (unpaired) electrons. The van der Waals surface area contributed by atoms with Crippen LogP contribution < -0.4 is 19.6 Å². The number of ether oxygens (including phenoxy) is 3. The van der Waals surface area contributed by atoms with Gasteiger partial charge in [0.1, 0.15) is 5.75 Å². The molecule has 3 aromatic rings. The minimum absolute atomic E-state index is 0.157. The molecule has 166 valence electrons. The van der Waals surface area contributed by atoms with E-state index in [0.29, 0.717) is 28.9 Å². The Balaban J connectivity index is 1.48. The zero-order valence-electron chi connectivity index (χ0n) is 18.0. The number of hydrogen-bond donors (Lipinski definition) is 1. The van der Waals surface area contributed by atoms with Gasteiger partial charge in [-0.25, -0.2) is 5.43 Å². The largest absolute Gasteiger partial charge is 0.493 e. The van der Waals surface area contributed by atoms with E-state index in [2.05, 4.69) is 22.7 Å². The maximum Gasteiger partial charge on any atom is 0.277 e. The summed E-state index contributed by atoms with van der Waals surface area (Å²) in [5.74, 6) is 1.44. The Labute approximate surface area is 192 Å². The van der Waals surface area contributed by atoms with E-state index >= 15 is 0 Å². The first-order valence-electron chi connectivity index (χ1n) is 10.1. The van der Waals surface area contributed by atoms with Crippen molar-refractivity contribution in [2.75, 3.05) is 20.3 Å². The Kier molecular flexibility index (Phi) is 8.52. The lowest BCUT2D eigenvalue weighted by Gasteiger charge is -2.11. The molecule has 0 aliphatic rings. The van der Waals surface area contributed by atoms with Gasteiger partial charge in [0.2, 0.25) is 0 Å². The monoisotopic (exact) mass is 452 g/mol. The quantitative estimate of drug-likeness (QED) is 0.354. The van der Waals surface area contributed by atoms with Crippen molar-refractivity contribution in [1.82, 2.24) is 5.43 Å². The van der Waals surface area contributed by atoms with Gasteiger partial charge >= 0.3 is 0 Å². The fourth-order valence-corrected chi connectivity index (χ4v) is 2.99. The molecular weight excluding hydrogens is 428 g/mol. The van der Waals surface area contributed by atoms with Crippen molar-refractivity contribution in [1.29, 1.82) is 0 Å². The summed E-state index contributed by atoms with van der Waals surface area (Å²) in [6.07, 6.45) is 2.33. The molecule has 3 aromatic carbocycles. The van der Waals surface area contributed by atoms with Crippen LogP contribution in [0, 0.1) is 6.92 Å². The van der Waals surface area contributed by atoms with Gasteiger partial charge in [0, 0.05) is 11.4 Å². The van der Waals surface area contributed by atoms with Crippen molar-refractivity contribution >= 4 is 23.7 Å². The number of halogens is 1. The second kappa shape index (κ2) is 11.8. The molecule has 1 amide bonds. The minimum Gasteiger partial charge on any atom is -0.493 e. The molecule has 0 saturated heterocycles. The second-order valence-electron chi connectivity index (χ2n) is 6.99. The van der Waals surface area contributed by atoms with Gasteiger partial charge in [-0.2, -0.15) is 5.10 Å². The first kappa shape index (κ1) is 23.2. The van der Waals surface area contributed by atoms with Crippen LogP contribution in [0.2, 0.25) is 5.02 Å². The van der Waals surface area contributed by atoms with E-state index in [4.69, 9.17) is 25.8 Å². The van der Waals surface area contributed by atoms with E-state index in [1.165, 1.54) is 11.8 Å². The number of carbonyl (C=O) groups excluding carboxylic acids is 1. The number of carbonyl (C=O) groups is 1. The molecule has 0 aromatic heterocycles. The maximum absolute atomic E-state index is 12.0. The molecule has 1 N–H and O–H groups in total. The normalized spacial score (nSPS) is 10.7. The summed E-state index contributed by atoms with van der Waals surface area (Å²) >= 11 is 5.98. The first-order chi connectivity index (χ1) is 15.5. The van der Waals surface area contributed by atoms with Crippen LogP contribution in [0.4, 0.5) is 0 Å². The molecule has 0 unspecified atom stereocenters. The molecule has 0 fully saturated rings. The van der Waals surface area contributed by atoms with Crippen LogP contribution in [0.5, 0.6) is 17.2 Å². The van der Waals surface area contributed by atoms with Crippen LogP contribution in [0.25, 0.3) is 0 Å². The predicted molar refractivity (Wildman–Crippen MR) is 126 cm³/mol. The number of amides is 1. The summed E-state index contributed by atoms with van der Waals surface area (Å²) in [5, 5.41) is 4.62. The first-order valence-corrected chi connectivity index (χ1v) is 10.5. The highest BCUT2D eigenvalue weighted by Gasteiger charge is 2.06. The topological polar surface area (TPSA) is 69.2 Å². The predicted octanol–water partition coefficient (Wildman–Crippen LogP) is 4.81. The molecule has 3 rings (SSSR count). The van der Waals surface area contributed by atoms with Crippen molar-refractivity contribution in [2.24, 2.45) is 5.10 Å². The highest BCUT2D eigenvalue weighted by Crippen LogP contribution is 2.27. The van der Waals surface area contributed by atoms with Gasteiger partial charge in [0.25, 0.3) is 5.91 Å². The SMILES string of the molecule is COc1cc(/C=N/NC(=O)COc2ccc(Cl)c(C)c2)ccc1OCCc1ccccc1. The van der Waals surface area contributed by atoms with E-state index in [-0.39, 0.29) is 12.5 Å². The lowest BCUT2D eigenvalue weighted by molar-refractivity contribution is -0.123. The van der Waals surface area contributed by atoms with Crippen molar-refractivity contribution < 1.29 is 19.0 Å². The Hall–Kier alpha value is -3.51. The van der Waals surface area contributed by atoms with Gasteiger partial charge in [-0.05, 0) is 60.0 Å². The van der Waals surface area contributed by atoms with Crippen molar-refractivity contribution in [3.8, 4) is 17.2 Å². The molecule has 6 nitrogen and oxygen atoms in total. The summed E-state index contributed by atoms with van der Waals surface area (Å²) in [7, 11) is 1.58. The number of hydrazone groups is 1. The summed E-state index contributed by atoms with van der Waals surface area (Å²) in [6, 6.07) is 20.8. The van der Waals surface area contributed by atoms with Crippen LogP contribution in [0.1, 0.15) is 16.7 Å². The van der Waals surface area contributed by atoms with E-state index in [1.807, 2.05) is 37.3 Å². The summed E-state index contributed by atoms with van der Waals surface area (Å²) in [5.41, 5.74) is 5.28. The molecule has 0 heterocycles. The standard InChI is InChI=1S/C25H25ClN2O4/c1-18-14-21(9-10-22(18)26)32-17-25(29)28-27-16-20-8-11-23(24(15-20)30-2)31-13-12-19-6-4-3-5-7-19/h3-11,14-16H,12-13,17H2,1-2H3,(H,28,29)/b27-16+. The fraction of sp³-hybridized carbons (Fsp3) is 0.200. The fourth-order valence-electron chi connectivity index (χ4n) is 2.87. The molecule has 0 bridgehead atoms. The molecule has 7 heteroatoms. The van der Waals surface area contributed by atoms with Crippen molar-refractivity contribution in [3.63, 3.8) is 0 Å². The molecule has 32 heavy (non-hydrogen) atoms. The van der Waals surface area contributed by atoms with Crippen LogP contribution in [-0.4, -0.2) is 32.4 Å². The second-order valence-corrected chi connectivity index (χ2v) is 7.39. The number of methoxy groups -OCH3 is 1. The van der Waals surface area contributed by atoms with Gasteiger partial charge < -0.3 is 14.2 Å². The number of nitrogens with one attached hydrogen (secondary N) is 1. The number of rotatable bonds is 10. The number of nitrogens with zero attached hydrogens (tertiary/aromatic N) is 1. The molecule has 0 spiro atoms. The average Bonchev–Trinajstić information content (AvgIpc) is 2.81. The Morgan fingerprint density at radius 2 is 1.84 bits per heavy atom. The van der Waals surface area contributed by atoms with Crippen LogP contribution in [0.15, 0.2) is 71.8 Å². The van der Waals surface area contributed by atoms with Gasteiger partial charge in [0.15, 0.2) is 18.1 Å². The van der Waals surface area contributed by atoms with Crippen molar-refractivity contribution in [2.45, 2.75) is 13.3 Å². The van der Waals surface area contributed by atoms with Crippen LogP contribution >= 0.6 is 11.6 Å². The molecule has 0 aliphatic heterocycles.